The van der Waals surface area contributed by atoms with E-state index in [2.05, 4.69) is 0 Å². The van der Waals surface area contributed by atoms with E-state index in [4.69, 9.17) is 9.47 Å². The third-order valence-corrected chi connectivity index (χ3v) is 2.80. The number of carbonyl (C=O) groups is 2. The summed E-state index contributed by atoms with van der Waals surface area (Å²) in [5.41, 5.74) is 0.0349. The van der Waals surface area contributed by atoms with Crippen molar-refractivity contribution in [3.63, 3.8) is 0 Å². The Morgan fingerprint density at radius 3 is 2.57 bits per heavy atom. The first-order chi connectivity index (χ1) is 9.78. The Kier molecular flexibility index (Phi) is 5.76. The second-order valence-corrected chi connectivity index (χ2v) is 5.80. The van der Waals surface area contributed by atoms with Crippen LogP contribution in [0.1, 0.15) is 34.1 Å². The Balaban J connectivity index is 3.12. The number of rotatable bonds is 5. The van der Waals surface area contributed by atoms with Crippen molar-refractivity contribution in [2.45, 2.75) is 45.8 Å². The molecule has 0 bridgehead atoms. The van der Waals surface area contributed by atoms with E-state index >= 15 is 0 Å². The molecule has 1 atom stereocenters. The second-order valence-electron chi connectivity index (χ2n) is 5.80. The molecule has 0 heterocycles. The summed E-state index contributed by atoms with van der Waals surface area (Å²) in [6, 6.07) is 6.81. The Morgan fingerprint density at radius 1 is 1.38 bits per heavy atom. The summed E-state index contributed by atoms with van der Waals surface area (Å²) < 4.78 is 10.6. The highest BCUT2D eigenvalue weighted by atomic mass is 16.6. The zero-order valence-corrected chi connectivity index (χ0v) is 13.3. The number of anilines is 1. The predicted molar refractivity (Wildman–Crippen MR) is 81.9 cm³/mol. The summed E-state index contributed by atoms with van der Waals surface area (Å²) in [6.07, 6.45) is 0.545. The van der Waals surface area contributed by atoms with Gasteiger partial charge in [0.2, 0.25) is 0 Å². The molecule has 0 aliphatic carbocycles. The molecule has 21 heavy (non-hydrogen) atoms. The van der Waals surface area contributed by atoms with Gasteiger partial charge in [-0.25, -0.2) is 4.79 Å². The lowest BCUT2D eigenvalue weighted by molar-refractivity contribution is -0.108. The highest BCUT2D eigenvalue weighted by Crippen LogP contribution is 2.25. The van der Waals surface area contributed by atoms with E-state index in [1.165, 1.54) is 4.90 Å². The molecule has 1 aromatic rings. The van der Waals surface area contributed by atoms with Gasteiger partial charge in [-0.05, 0) is 39.8 Å². The topological polar surface area (TPSA) is 55.8 Å². The van der Waals surface area contributed by atoms with E-state index in [9.17, 15) is 9.59 Å². The van der Waals surface area contributed by atoms with Crippen LogP contribution in [0.15, 0.2) is 24.3 Å². The molecule has 0 saturated carbocycles. The molecule has 5 heteroatoms. The molecule has 0 N–H and O–H groups in total. The Labute approximate surface area is 125 Å². The van der Waals surface area contributed by atoms with Gasteiger partial charge in [0.25, 0.3) is 0 Å². The molecule has 0 aromatic heterocycles. The molecule has 0 aliphatic heterocycles. The standard InChI is InChI=1S/C16H23NO4/c1-12(9-10-18)17(15(19)21-16(2,3)4)13-7-6-8-14(11-13)20-5/h6-8,10-12H,9H2,1-5H3/t12-/m0/s1. The van der Waals surface area contributed by atoms with Gasteiger partial charge in [0, 0.05) is 18.5 Å². The molecule has 0 unspecified atom stereocenters. The van der Waals surface area contributed by atoms with E-state index in [0.717, 1.165) is 6.29 Å². The second kappa shape index (κ2) is 7.11. The summed E-state index contributed by atoms with van der Waals surface area (Å²) in [7, 11) is 1.56. The van der Waals surface area contributed by atoms with Crippen molar-refractivity contribution in [3.05, 3.63) is 24.3 Å². The zero-order valence-electron chi connectivity index (χ0n) is 13.3. The van der Waals surface area contributed by atoms with Crippen molar-refractivity contribution in [2.24, 2.45) is 0 Å². The van der Waals surface area contributed by atoms with Crippen molar-refractivity contribution in [1.29, 1.82) is 0 Å². The maximum absolute atomic E-state index is 12.4. The van der Waals surface area contributed by atoms with Crippen LogP contribution < -0.4 is 9.64 Å². The maximum atomic E-state index is 12.4. The summed E-state index contributed by atoms with van der Waals surface area (Å²) >= 11 is 0. The molecule has 116 valence electrons. The molecule has 5 nitrogen and oxygen atoms in total. The largest absolute Gasteiger partial charge is 0.497 e. The molecule has 1 rings (SSSR count). The van der Waals surface area contributed by atoms with Gasteiger partial charge < -0.3 is 14.3 Å². The van der Waals surface area contributed by atoms with Crippen LogP contribution in [0.4, 0.5) is 10.5 Å². The number of amides is 1. The molecule has 0 fully saturated rings. The van der Waals surface area contributed by atoms with Crippen molar-refractivity contribution in [2.75, 3.05) is 12.0 Å². The van der Waals surface area contributed by atoms with Crippen LogP contribution in [-0.4, -0.2) is 31.1 Å². The molecular formula is C16H23NO4. The summed E-state index contributed by atoms with van der Waals surface area (Å²) in [5.74, 6) is 0.638. The van der Waals surface area contributed by atoms with Crippen molar-refractivity contribution in [3.8, 4) is 5.75 Å². The minimum atomic E-state index is -0.602. The number of ether oxygens (including phenoxy) is 2. The molecule has 0 aliphatic rings. The van der Waals surface area contributed by atoms with Gasteiger partial charge in [-0.1, -0.05) is 6.07 Å². The van der Waals surface area contributed by atoms with Crippen LogP contribution in [0, 0.1) is 0 Å². The van der Waals surface area contributed by atoms with Gasteiger partial charge in [0.15, 0.2) is 0 Å². The Morgan fingerprint density at radius 2 is 2.05 bits per heavy atom. The van der Waals surface area contributed by atoms with Crippen LogP contribution in [0.25, 0.3) is 0 Å². The molecule has 1 amide bonds. The lowest BCUT2D eigenvalue weighted by Gasteiger charge is -2.31. The van der Waals surface area contributed by atoms with E-state index in [1.54, 1.807) is 59.1 Å². The van der Waals surface area contributed by atoms with Gasteiger partial charge in [0.05, 0.1) is 12.8 Å². The van der Waals surface area contributed by atoms with Crippen LogP contribution >= 0.6 is 0 Å². The minimum Gasteiger partial charge on any atom is -0.497 e. The normalized spacial score (nSPS) is 12.4. The minimum absolute atomic E-state index is 0.233. The first-order valence-corrected chi connectivity index (χ1v) is 6.88. The van der Waals surface area contributed by atoms with Gasteiger partial charge >= 0.3 is 6.09 Å². The average Bonchev–Trinajstić information content (AvgIpc) is 2.37. The lowest BCUT2D eigenvalue weighted by atomic mass is 10.1. The van der Waals surface area contributed by atoms with Gasteiger partial charge in [-0.2, -0.15) is 0 Å². The summed E-state index contributed by atoms with van der Waals surface area (Å²) in [6.45, 7) is 7.22. The van der Waals surface area contributed by atoms with Crippen LogP contribution in [0.2, 0.25) is 0 Å². The van der Waals surface area contributed by atoms with Crippen LogP contribution in [0.3, 0.4) is 0 Å². The van der Waals surface area contributed by atoms with Crippen LogP contribution in [-0.2, 0) is 9.53 Å². The lowest BCUT2D eigenvalue weighted by Crippen LogP contribution is -2.42. The fourth-order valence-electron chi connectivity index (χ4n) is 1.86. The van der Waals surface area contributed by atoms with Crippen molar-refractivity contribution < 1.29 is 19.1 Å². The van der Waals surface area contributed by atoms with Crippen molar-refractivity contribution in [1.82, 2.24) is 0 Å². The quantitative estimate of drug-likeness (QED) is 0.781. The smallest absolute Gasteiger partial charge is 0.415 e. The first-order valence-electron chi connectivity index (χ1n) is 6.88. The maximum Gasteiger partial charge on any atom is 0.415 e. The van der Waals surface area contributed by atoms with Gasteiger partial charge in [0.1, 0.15) is 17.6 Å². The number of hydrogen-bond acceptors (Lipinski definition) is 4. The number of aldehydes is 1. The average molecular weight is 293 g/mol. The highest BCUT2D eigenvalue weighted by Gasteiger charge is 2.27. The SMILES string of the molecule is COc1cccc(N(C(=O)OC(C)(C)C)[C@@H](C)CC=O)c1. The number of methoxy groups -OCH3 is 1. The number of carbonyl (C=O) groups excluding carboxylic acids is 2. The first kappa shape index (κ1) is 17.0. The Bertz CT molecular complexity index is 493. The van der Waals surface area contributed by atoms with E-state index in [-0.39, 0.29) is 12.5 Å². The third kappa shape index (κ3) is 5.10. The molecule has 0 radical (unpaired) electrons. The Hall–Kier alpha value is -2.04. The molecule has 0 spiro atoms. The molecule has 1 aromatic carbocycles. The van der Waals surface area contributed by atoms with Gasteiger partial charge in [-0.3, -0.25) is 4.90 Å². The van der Waals surface area contributed by atoms with Crippen molar-refractivity contribution >= 4 is 18.1 Å². The van der Waals surface area contributed by atoms with Crippen LogP contribution in [0.5, 0.6) is 5.75 Å². The number of hydrogen-bond donors (Lipinski definition) is 0. The third-order valence-electron chi connectivity index (χ3n) is 2.80. The molecular weight excluding hydrogens is 270 g/mol. The fraction of sp³-hybridized carbons (Fsp3) is 0.500. The number of benzene rings is 1. The zero-order chi connectivity index (χ0) is 16.0. The van der Waals surface area contributed by atoms with E-state index < -0.39 is 11.7 Å². The highest BCUT2D eigenvalue weighted by molar-refractivity contribution is 5.89. The summed E-state index contributed by atoms with van der Waals surface area (Å²) in [4.78, 5) is 24.7. The summed E-state index contributed by atoms with van der Waals surface area (Å²) in [5, 5.41) is 0. The van der Waals surface area contributed by atoms with E-state index in [1.807, 2.05) is 0 Å². The number of nitrogens with zero attached hydrogens (tertiary/aromatic N) is 1. The predicted octanol–water partition coefficient (Wildman–Crippen LogP) is 3.41. The monoisotopic (exact) mass is 293 g/mol. The van der Waals surface area contributed by atoms with Gasteiger partial charge in [-0.15, -0.1) is 0 Å². The van der Waals surface area contributed by atoms with E-state index in [0.29, 0.717) is 11.4 Å². The fourth-order valence-corrected chi connectivity index (χ4v) is 1.86. The molecule has 0 saturated heterocycles.